The van der Waals surface area contributed by atoms with E-state index in [9.17, 15) is 4.79 Å². The quantitative estimate of drug-likeness (QED) is 0.686. The summed E-state index contributed by atoms with van der Waals surface area (Å²) < 4.78 is 17.2. The highest BCUT2D eigenvalue weighted by atomic mass is 16.5. The van der Waals surface area contributed by atoms with E-state index in [1.54, 1.807) is 28.9 Å². The number of hydrogen-bond acceptors (Lipinski definition) is 6. The predicted octanol–water partition coefficient (Wildman–Crippen LogP) is 2.09. The molecule has 2 aromatic heterocycles. The molecule has 0 saturated heterocycles. The van der Waals surface area contributed by atoms with E-state index >= 15 is 0 Å². The maximum Gasteiger partial charge on any atom is 0.337 e. The molecule has 2 heterocycles. The van der Waals surface area contributed by atoms with Crippen molar-refractivity contribution in [2.24, 2.45) is 0 Å². The van der Waals surface area contributed by atoms with Crippen molar-refractivity contribution in [1.82, 2.24) is 14.6 Å². The Hall–Kier alpha value is -2.83. The van der Waals surface area contributed by atoms with E-state index in [0.29, 0.717) is 28.5 Å². The molecule has 0 aliphatic heterocycles. The summed E-state index contributed by atoms with van der Waals surface area (Å²) in [4.78, 5) is 15.6. The molecule has 0 spiro atoms. The number of aryl methyl sites for hydroxylation is 1. The van der Waals surface area contributed by atoms with E-state index in [1.807, 2.05) is 6.92 Å². The number of imidazole rings is 1. The van der Waals surface area contributed by atoms with Crippen LogP contribution in [0, 0.1) is 6.92 Å². The van der Waals surface area contributed by atoms with Crippen molar-refractivity contribution in [3.63, 3.8) is 0 Å². The Kier molecular flexibility index (Phi) is 3.09. The van der Waals surface area contributed by atoms with Crippen LogP contribution in [0.15, 0.2) is 28.8 Å². The Labute approximate surface area is 120 Å². The zero-order valence-corrected chi connectivity index (χ0v) is 11.8. The number of carbonyl (C=O) groups is 1. The predicted molar refractivity (Wildman–Crippen MR) is 73.3 cm³/mol. The molecule has 0 aliphatic rings. The molecule has 3 aromatic rings. The number of methoxy groups -OCH3 is 2. The number of rotatable bonds is 3. The van der Waals surface area contributed by atoms with E-state index in [1.165, 1.54) is 14.2 Å². The first-order chi connectivity index (χ1) is 10.1. The molecule has 0 fully saturated rings. The fourth-order valence-electron chi connectivity index (χ4n) is 2.04. The van der Waals surface area contributed by atoms with Crippen molar-refractivity contribution < 1.29 is 18.7 Å². The molecule has 1 aromatic carbocycles. The van der Waals surface area contributed by atoms with Crippen LogP contribution in [0.5, 0.6) is 5.75 Å². The van der Waals surface area contributed by atoms with Gasteiger partial charge in [-0.05, 0) is 25.1 Å². The highest BCUT2D eigenvalue weighted by Gasteiger charge is 2.17. The lowest BCUT2D eigenvalue weighted by atomic mass is 10.1. The number of nitrogens with zero attached hydrogens (tertiary/aromatic N) is 3. The van der Waals surface area contributed by atoms with Gasteiger partial charge in [0.2, 0.25) is 11.6 Å². The summed E-state index contributed by atoms with van der Waals surface area (Å²) in [5.74, 6) is 1.17. The van der Waals surface area contributed by atoms with Crippen molar-refractivity contribution in [3.8, 4) is 17.2 Å². The number of hydrogen-bond donors (Lipinski definition) is 0. The molecule has 21 heavy (non-hydrogen) atoms. The average Bonchev–Trinajstić information content (AvgIpc) is 3.08. The Balaban J connectivity index is 2.10. The van der Waals surface area contributed by atoms with Gasteiger partial charge in [0.1, 0.15) is 11.6 Å². The zero-order chi connectivity index (χ0) is 15.0. The van der Waals surface area contributed by atoms with Gasteiger partial charge in [0.25, 0.3) is 0 Å². The molecule has 0 radical (unpaired) electrons. The average molecular weight is 287 g/mol. The van der Waals surface area contributed by atoms with Crippen LogP contribution >= 0.6 is 0 Å². The number of ether oxygens (including phenoxy) is 2. The first-order valence-electron chi connectivity index (χ1n) is 6.22. The molecule has 0 aliphatic carbocycles. The molecule has 7 nitrogen and oxygen atoms in total. The van der Waals surface area contributed by atoms with Gasteiger partial charge in [-0.1, -0.05) is 0 Å². The molecule has 7 heteroatoms. The van der Waals surface area contributed by atoms with Crippen molar-refractivity contribution in [1.29, 1.82) is 0 Å². The lowest BCUT2D eigenvalue weighted by Gasteiger charge is -2.07. The zero-order valence-electron chi connectivity index (χ0n) is 11.8. The van der Waals surface area contributed by atoms with Gasteiger partial charge in [0.05, 0.1) is 31.5 Å². The van der Waals surface area contributed by atoms with Crippen LogP contribution in [0.1, 0.15) is 16.2 Å². The normalized spacial score (nSPS) is 10.8. The molecule has 0 amide bonds. The van der Waals surface area contributed by atoms with Gasteiger partial charge >= 0.3 is 5.97 Å². The number of esters is 1. The maximum absolute atomic E-state index is 11.5. The van der Waals surface area contributed by atoms with Gasteiger partial charge in [0, 0.05) is 0 Å². The fourth-order valence-corrected chi connectivity index (χ4v) is 2.04. The van der Waals surface area contributed by atoms with Crippen molar-refractivity contribution >= 4 is 11.7 Å². The second-order valence-electron chi connectivity index (χ2n) is 4.37. The van der Waals surface area contributed by atoms with Crippen LogP contribution in [-0.2, 0) is 4.74 Å². The lowest BCUT2D eigenvalue weighted by Crippen LogP contribution is -2.02. The van der Waals surface area contributed by atoms with Crippen LogP contribution in [0.4, 0.5) is 0 Å². The van der Waals surface area contributed by atoms with Gasteiger partial charge in [-0.25, -0.2) is 9.78 Å². The van der Waals surface area contributed by atoms with Crippen LogP contribution in [-0.4, -0.2) is 34.8 Å². The summed E-state index contributed by atoms with van der Waals surface area (Å²) >= 11 is 0. The monoisotopic (exact) mass is 287 g/mol. The summed E-state index contributed by atoms with van der Waals surface area (Å²) in [6.45, 7) is 1.83. The molecule has 0 bridgehead atoms. The number of carbonyl (C=O) groups excluding carboxylic acids is 1. The maximum atomic E-state index is 11.5. The van der Waals surface area contributed by atoms with E-state index in [4.69, 9.17) is 9.15 Å². The standard InChI is InChI=1S/C14H13N3O4/c1-8-15-7-12-17(8)16-13(21-12)10-5-4-9(14(18)20-3)6-11(10)19-2/h4-7H,1-3H3. The molecule has 108 valence electrons. The Morgan fingerprint density at radius 2 is 2.14 bits per heavy atom. The van der Waals surface area contributed by atoms with E-state index in [0.717, 1.165) is 5.82 Å². The van der Waals surface area contributed by atoms with Crippen LogP contribution < -0.4 is 4.74 Å². The minimum atomic E-state index is -0.430. The summed E-state index contributed by atoms with van der Waals surface area (Å²) in [7, 11) is 2.85. The second-order valence-corrected chi connectivity index (χ2v) is 4.37. The fraction of sp³-hybridized carbons (Fsp3) is 0.214. The number of aromatic nitrogens is 3. The van der Waals surface area contributed by atoms with Gasteiger partial charge in [-0.2, -0.15) is 4.52 Å². The van der Waals surface area contributed by atoms with Crippen molar-refractivity contribution in [3.05, 3.63) is 35.8 Å². The van der Waals surface area contributed by atoms with E-state index in [-0.39, 0.29) is 0 Å². The Morgan fingerprint density at radius 3 is 2.81 bits per heavy atom. The number of fused-ring (bicyclic) bond motifs is 1. The van der Waals surface area contributed by atoms with Gasteiger partial charge in [0.15, 0.2) is 0 Å². The molecular formula is C14H13N3O4. The van der Waals surface area contributed by atoms with Crippen LogP contribution in [0.2, 0.25) is 0 Å². The van der Waals surface area contributed by atoms with E-state index in [2.05, 4.69) is 14.8 Å². The third-order valence-corrected chi connectivity index (χ3v) is 3.12. The number of benzene rings is 1. The SMILES string of the molecule is COC(=O)c1ccc(-c2nn3c(C)ncc3o2)c(OC)c1. The minimum absolute atomic E-state index is 0.392. The molecule has 0 atom stereocenters. The third-order valence-electron chi connectivity index (χ3n) is 3.12. The topological polar surface area (TPSA) is 78.9 Å². The van der Waals surface area contributed by atoms with Crippen LogP contribution in [0.25, 0.3) is 17.2 Å². The molecule has 0 unspecified atom stereocenters. The molecule has 0 N–H and O–H groups in total. The summed E-state index contributed by atoms with van der Waals surface area (Å²) in [6.07, 6.45) is 1.60. The summed E-state index contributed by atoms with van der Waals surface area (Å²) in [5, 5.41) is 4.34. The van der Waals surface area contributed by atoms with Gasteiger partial charge in [-0.15, -0.1) is 5.10 Å². The van der Waals surface area contributed by atoms with Crippen LogP contribution in [0.3, 0.4) is 0 Å². The highest BCUT2D eigenvalue weighted by Crippen LogP contribution is 2.31. The third kappa shape index (κ3) is 2.12. The van der Waals surface area contributed by atoms with Gasteiger partial charge < -0.3 is 13.9 Å². The largest absolute Gasteiger partial charge is 0.496 e. The highest BCUT2D eigenvalue weighted by molar-refractivity contribution is 5.90. The van der Waals surface area contributed by atoms with Crippen molar-refractivity contribution in [2.75, 3.05) is 14.2 Å². The summed E-state index contributed by atoms with van der Waals surface area (Å²) in [6, 6.07) is 4.93. The molecule has 3 rings (SSSR count). The molecular weight excluding hydrogens is 274 g/mol. The molecule has 0 saturated carbocycles. The Bertz CT molecular complexity index is 819. The Morgan fingerprint density at radius 1 is 1.33 bits per heavy atom. The van der Waals surface area contributed by atoms with E-state index < -0.39 is 5.97 Å². The van der Waals surface area contributed by atoms with Gasteiger partial charge in [-0.3, -0.25) is 0 Å². The lowest BCUT2D eigenvalue weighted by molar-refractivity contribution is 0.0600. The minimum Gasteiger partial charge on any atom is -0.496 e. The summed E-state index contributed by atoms with van der Waals surface area (Å²) in [5.41, 5.74) is 1.59. The second kappa shape index (κ2) is 4.93. The first kappa shape index (κ1) is 13.2. The van der Waals surface area contributed by atoms with Crippen molar-refractivity contribution in [2.45, 2.75) is 6.92 Å². The smallest absolute Gasteiger partial charge is 0.337 e. The first-order valence-corrected chi connectivity index (χ1v) is 6.22.